The molecule has 0 aliphatic rings. The first kappa shape index (κ1) is 16.1. The lowest BCUT2D eigenvalue weighted by atomic mass is 9.99. The van der Waals surface area contributed by atoms with Gasteiger partial charge in [-0.2, -0.15) is 0 Å². The Morgan fingerprint density at radius 2 is 1.91 bits per heavy atom. The number of ether oxygens (including phenoxy) is 1. The van der Waals surface area contributed by atoms with Gasteiger partial charge in [-0.3, -0.25) is 4.79 Å². The predicted molar refractivity (Wildman–Crippen MR) is 86.2 cm³/mol. The van der Waals surface area contributed by atoms with Crippen LogP contribution in [0.2, 0.25) is 0 Å². The first-order valence-electron chi connectivity index (χ1n) is 7.73. The monoisotopic (exact) mass is 301 g/mol. The van der Waals surface area contributed by atoms with Gasteiger partial charge in [0.1, 0.15) is 18.1 Å². The van der Waals surface area contributed by atoms with Crippen molar-refractivity contribution in [3.63, 3.8) is 0 Å². The van der Waals surface area contributed by atoms with Crippen LogP contribution in [0, 0.1) is 0 Å². The molecule has 1 unspecified atom stereocenters. The molecule has 0 saturated carbocycles. The second kappa shape index (κ2) is 7.69. The molecule has 0 radical (unpaired) electrons. The molecule has 0 bridgehead atoms. The molecule has 1 amide bonds. The Hall–Kier alpha value is -2.23. The minimum Gasteiger partial charge on any atom is -0.486 e. The van der Waals surface area contributed by atoms with E-state index in [1.807, 2.05) is 19.1 Å². The zero-order valence-corrected chi connectivity index (χ0v) is 13.4. The highest BCUT2D eigenvalue weighted by atomic mass is 16.5. The minimum absolute atomic E-state index is 0.202. The Morgan fingerprint density at radius 3 is 2.55 bits per heavy atom. The molecule has 1 atom stereocenters. The van der Waals surface area contributed by atoms with Crippen molar-refractivity contribution in [1.29, 1.82) is 0 Å². The second-order valence-corrected chi connectivity index (χ2v) is 5.29. The summed E-state index contributed by atoms with van der Waals surface area (Å²) in [5.74, 6) is 2.09. The molecule has 118 valence electrons. The van der Waals surface area contributed by atoms with Crippen LogP contribution in [0.5, 0.6) is 5.75 Å². The van der Waals surface area contributed by atoms with Crippen molar-refractivity contribution in [1.82, 2.24) is 5.32 Å². The number of carbonyl (C=O) groups excluding carboxylic acids is 1. The van der Waals surface area contributed by atoms with E-state index in [0.717, 1.165) is 12.2 Å². The second-order valence-electron chi connectivity index (χ2n) is 5.29. The van der Waals surface area contributed by atoms with Gasteiger partial charge < -0.3 is 14.5 Å². The number of carbonyl (C=O) groups is 1. The van der Waals surface area contributed by atoms with Crippen LogP contribution < -0.4 is 10.1 Å². The van der Waals surface area contributed by atoms with Crippen molar-refractivity contribution in [3.05, 3.63) is 53.5 Å². The maximum Gasteiger partial charge on any atom is 0.286 e. The highest BCUT2D eigenvalue weighted by molar-refractivity contribution is 5.91. The van der Waals surface area contributed by atoms with Gasteiger partial charge in [-0.1, -0.05) is 26.0 Å². The highest BCUT2D eigenvalue weighted by Gasteiger charge is 2.10. The summed E-state index contributed by atoms with van der Waals surface area (Å²) in [6, 6.07) is 11.5. The van der Waals surface area contributed by atoms with Gasteiger partial charge in [-0.25, -0.2) is 0 Å². The Morgan fingerprint density at radius 1 is 1.18 bits per heavy atom. The Kier molecular flexibility index (Phi) is 5.64. The summed E-state index contributed by atoms with van der Waals surface area (Å²) in [6.07, 6.45) is 1.12. The lowest BCUT2D eigenvalue weighted by Crippen LogP contribution is -2.21. The van der Waals surface area contributed by atoms with Crippen LogP contribution in [-0.4, -0.2) is 12.5 Å². The van der Waals surface area contributed by atoms with E-state index in [4.69, 9.17) is 9.15 Å². The van der Waals surface area contributed by atoms with Gasteiger partial charge in [0.05, 0.1) is 0 Å². The van der Waals surface area contributed by atoms with Crippen molar-refractivity contribution in [3.8, 4) is 5.75 Å². The number of nitrogens with one attached hydrogen (secondary N) is 1. The Balaban J connectivity index is 1.91. The molecular formula is C18H23NO3. The topological polar surface area (TPSA) is 51.5 Å². The first-order valence-corrected chi connectivity index (χ1v) is 7.73. The summed E-state index contributed by atoms with van der Waals surface area (Å²) in [7, 11) is 0. The molecule has 1 heterocycles. The SMILES string of the molecule is CCNC(=O)c1ccc(COc2ccc(C(C)CC)cc2)o1. The number of furan rings is 1. The molecule has 0 saturated heterocycles. The van der Waals surface area contributed by atoms with Gasteiger partial charge >= 0.3 is 0 Å². The number of amides is 1. The minimum atomic E-state index is -0.202. The van der Waals surface area contributed by atoms with E-state index in [1.165, 1.54) is 5.56 Å². The molecule has 0 fully saturated rings. The third-order valence-corrected chi connectivity index (χ3v) is 3.67. The van der Waals surface area contributed by atoms with Crippen LogP contribution >= 0.6 is 0 Å². The average molecular weight is 301 g/mol. The van der Waals surface area contributed by atoms with E-state index < -0.39 is 0 Å². The number of hydrogen-bond donors (Lipinski definition) is 1. The van der Waals surface area contributed by atoms with Crippen molar-refractivity contribution in [2.75, 3.05) is 6.54 Å². The molecule has 0 aliphatic heterocycles. The Bertz CT molecular complexity index is 601. The molecule has 4 heteroatoms. The molecule has 0 aliphatic carbocycles. The Labute approximate surface area is 131 Å². The van der Waals surface area contributed by atoms with Crippen LogP contribution in [0.3, 0.4) is 0 Å². The molecule has 0 spiro atoms. The van der Waals surface area contributed by atoms with Gasteiger partial charge in [0.15, 0.2) is 5.76 Å². The van der Waals surface area contributed by atoms with Crippen LogP contribution in [0.25, 0.3) is 0 Å². The predicted octanol–water partition coefficient (Wildman–Crippen LogP) is 4.12. The summed E-state index contributed by atoms with van der Waals surface area (Å²) < 4.78 is 11.2. The van der Waals surface area contributed by atoms with E-state index in [9.17, 15) is 4.79 Å². The number of hydrogen-bond acceptors (Lipinski definition) is 3. The summed E-state index contributed by atoms with van der Waals surface area (Å²) in [5, 5.41) is 2.70. The third kappa shape index (κ3) is 4.13. The normalized spacial score (nSPS) is 12.0. The molecular weight excluding hydrogens is 278 g/mol. The average Bonchev–Trinajstić information content (AvgIpc) is 3.02. The quantitative estimate of drug-likeness (QED) is 0.837. The van der Waals surface area contributed by atoms with E-state index in [1.54, 1.807) is 12.1 Å². The molecule has 1 aromatic carbocycles. The fraction of sp³-hybridized carbons (Fsp3) is 0.389. The first-order chi connectivity index (χ1) is 10.6. The van der Waals surface area contributed by atoms with Crippen LogP contribution in [-0.2, 0) is 6.61 Å². The lowest BCUT2D eigenvalue weighted by molar-refractivity contribution is 0.0924. The molecule has 22 heavy (non-hydrogen) atoms. The standard InChI is InChI=1S/C18H23NO3/c1-4-13(3)14-6-8-15(9-7-14)21-12-16-10-11-17(22-16)18(20)19-5-2/h6-11,13H,4-5,12H2,1-3H3,(H,19,20). The molecule has 4 nitrogen and oxygen atoms in total. The lowest BCUT2D eigenvalue weighted by Gasteiger charge is -2.10. The number of rotatable bonds is 7. The van der Waals surface area contributed by atoms with E-state index in [0.29, 0.717) is 30.6 Å². The summed E-state index contributed by atoms with van der Waals surface area (Å²) in [6.45, 7) is 7.14. The fourth-order valence-corrected chi connectivity index (χ4v) is 2.11. The zero-order valence-electron chi connectivity index (χ0n) is 13.4. The largest absolute Gasteiger partial charge is 0.486 e. The van der Waals surface area contributed by atoms with Crippen molar-refractivity contribution >= 4 is 5.91 Å². The van der Waals surface area contributed by atoms with Gasteiger partial charge in [0, 0.05) is 6.54 Å². The summed E-state index contributed by atoms with van der Waals surface area (Å²) in [5.41, 5.74) is 1.31. The van der Waals surface area contributed by atoms with Gasteiger partial charge in [0.2, 0.25) is 0 Å². The van der Waals surface area contributed by atoms with Crippen LogP contribution in [0.4, 0.5) is 0 Å². The molecule has 2 aromatic rings. The van der Waals surface area contributed by atoms with Crippen molar-refractivity contribution < 1.29 is 13.9 Å². The fourth-order valence-electron chi connectivity index (χ4n) is 2.11. The highest BCUT2D eigenvalue weighted by Crippen LogP contribution is 2.22. The maximum absolute atomic E-state index is 11.6. The molecule has 2 rings (SSSR count). The van der Waals surface area contributed by atoms with Gasteiger partial charge in [-0.15, -0.1) is 0 Å². The van der Waals surface area contributed by atoms with Crippen molar-refractivity contribution in [2.45, 2.75) is 39.7 Å². The molecule has 1 N–H and O–H groups in total. The summed E-state index contributed by atoms with van der Waals surface area (Å²) in [4.78, 5) is 11.6. The van der Waals surface area contributed by atoms with E-state index in [-0.39, 0.29) is 5.91 Å². The smallest absolute Gasteiger partial charge is 0.286 e. The van der Waals surface area contributed by atoms with E-state index in [2.05, 4.69) is 31.3 Å². The summed E-state index contributed by atoms with van der Waals surface area (Å²) >= 11 is 0. The third-order valence-electron chi connectivity index (χ3n) is 3.67. The van der Waals surface area contributed by atoms with Gasteiger partial charge in [0.25, 0.3) is 5.91 Å². The number of benzene rings is 1. The zero-order chi connectivity index (χ0) is 15.9. The van der Waals surface area contributed by atoms with Crippen LogP contribution in [0.15, 0.2) is 40.8 Å². The van der Waals surface area contributed by atoms with Crippen LogP contribution in [0.1, 0.15) is 55.0 Å². The molecule has 1 aromatic heterocycles. The van der Waals surface area contributed by atoms with E-state index >= 15 is 0 Å². The maximum atomic E-state index is 11.6. The van der Waals surface area contributed by atoms with Gasteiger partial charge in [-0.05, 0) is 49.1 Å². The van der Waals surface area contributed by atoms with Crippen molar-refractivity contribution in [2.24, 2.45) is 0 Å².